The molecule has 24 heavy (non-hydrogen) atoms. The molecule has 0 fully saturated rings. The van der Waals surface area contributed by atoms with Crippen molar-refractivity contribution in [2.24, 2.45) is 0 Å². The van der Waals surface area contributed by atoms with Crippen molar-refractivity contribution in [2.75, 3.05) is 5.32 Å². The van der Waals surface area contributed by atoms with Crippen LogP contribution in [0.4, 0.5) is 5.69 Å². The largest absolute Gasteiger partial charge is 0.491 e. The number of carbonyl (C=O) groups excluding carboxylic acids is 1. The number of rotatable bonds is 5. The lowest BCUT2D eigenvalue weighted by Gasteiger charge is -2.13. The van der Waals surface area contributed by atoms with Gasteiger partial charge in [0.1, 0.15) is 10.9 Å². The van der Waals surface area contributed by atoms with E-state index in [1.165, 1.54) is 6.20 Å². The highest BCUT2D eigenvalue weighted by Crippen LogP contribution is 2.15. The minimum absolute atomic E-state index is 0.134. The molecule has 2 N–H and O–H groups in total. The highest BCUT2D eigenvalue weighted by Gasteiger charge is 2.09. The molecule has 2 aromatic rings. The Morgan fingerprint density at radius 2 is 2.00 bits per heavy atom. The van der Waals surface area contributed by atoms with Gasteiger partial charge in [0.15, 0.2) is 5.11 Å². The number of amides is 1. The molecule has 7 heteroatoms. The molecule has 1 amide bonds. The third-order valence-electron chi connectivity index (χ3n) is 3.24. The lowest BCUT2D eigenvalue weighted by Crippen LogP contribution is -2.34. The first kappa shape index (κ1) is 18.2. The summed E-state index contributed by atoms with van der Waals surface area (Å²) in [6.07, 6.45) is 2.58. The summed E-state index contributed by atoms with van der Waals surface area (Å²) >= 11 is 10.8. The van der Waals surface area contributed by atoms with Gasteiger partial charge in [0.25, 0.3) is 5.91 Å². The molecule has 0 aliphatic heterocycles. The van der Waals surface area contributed by atoms with E-state index in [4.69, 9.17) is 28.6 Å². The van der Waals surface area contributed by atoms with Crippen LogP contribution in [-0.4, -0.2) is 22.1 Å². The number of pyridine rings is 1. The van der Waals surface area contributed by atoms with Gasteiger partial charge in [-0.25, -0.2) is 4.98 Å². The van der Waals surface area contributed by atoms with Crippen LogP contribution in [0.15, 0.2) is 42.6 Å². The monoisotopic (exact) mass is 363 g/mol. The number of hydrogen-bond donors (Lipinski definition) is 2. The standard InChI is InChI=1S/C17H18ClN3O2S/c1-3-11(2)23-14-7-4-12(5-8-14)16(22)21-17(24)20-13-6-9-15(18)19-10-13/h4-11H,3H2,1-2H3,(H2,20,21,22,24). The normalized spacial score (nSPS) is 11.5. The molecule has 0 saturated heterocycles. The first-order chi connectivity index (χ1) is 11.5. The zero-order valence-corrected chi connectivity index (χ0v) is 14.9. The molecular weight excluding hydrogens is 346 g/mol. The van der Waals surface area contributed by atoms with E-state index in [0.29, 0.717) is 16.4 Å². The van der Waals surface area contributed by atoms with Crippen molar-refractivity contribution < 1.29 is 9.53 Å². The second-order valence-electron chi connectivity index (χ2n) is 5.14. The summed E-state index contributed by atoms with van der Waals surface area (Å²) in [6, 6.07) is 10.3. The molecule has 126 valence electrons. The Labute approximate surface area is 151 Å². The van der Waals surface area contributed by atoms with Gasteiger partial charge in [-0.15, -0.1) is 0 Å². The van der Waals surface area contributed by atoms with Crippen LogP contribution in [0, 0.1) is 0 Å². The van der Waals surface area contributed by atoms with E-state index in [1.54, 1.807) is 36.4 Å². The summed E-state index contributed by atoms with van der Waals surface area (Å²) in [4.78, 5) is 16.1. The summed E-state index contributed by atoms with van der Waals surface area (Å²) in [7, 11) is 0. The van der Waals surface area contributed by atoms with Gasteiger partial charge in [0, 0.05) is 5.56 Å². The topological polar surface area (TPSA) is 63.2 Å². The molecule has 1 heterocycles. The number of thiocarbonyl (C=S) groups is 1. The van der Waals surface area contributed by atoms with Gasteiger partial charge >= 0.3 is 0 Å². The molecular formula is C17H18ClN3O2S. The van der Waals surface area contributed by atoms with Crippen molar-refractivity contribution in [2.45, 2.75) is 26.4 Å². The number of carbonyl (C=O) groups is 1. The van der Waals surface area contributed by atoms with Crippen molar-refractivity contribution in [1.29, 1.82) is 0 Å². The molecule has 0 bridgehead atoms. The first-order valence-electron chi connectivity index (χ1n) is 7.48. The fourth-order valence-corrected chi connectivity index (χ4v) is 2.11. The van der Waals surface area contributed by atoms with Crippen LogP contribution in [0.3, 0.4) is 0 Å². The van der Waals surface area contributed by atoms with Crippen LogP contribution in [0.1, 0.15) is 30.6 Å². The quantitative estimate of drug-likeness (QED) is 0.620. The Hall–Kier alpha value is -2.18. The third-order valence-corrected chi connectivity index (χ3v) is 3.67. The van der Waals surface area contributed by atoms with Gasteiger partial charge in [-0.2, -0.15) is 0 Å². The fourth-order valence-electron chi connectivity index (χ4n) is 1.79. The Morgan fingerprint density at radius 1 is 1.29 bits per heavy atom. The smallest absolute Gasteiger partial charge is 0.257 e. The van der Waals surface area contributed by atoms with Crippen LogP contribution in [0.5, 0.6) is 5.75 Å². The number of anilines is 1. The number of nitrogens with zero attached hydrogens (tertiary/aromatic N) is 1. The highest BCUT2D eigenvalue weighted by atomic mass is 35.5. The number of hydrogen-bond acceptors (Lipinski definition) is 4. The van der Waals surface area contributed by atoms with Crippen LogP contribution >= 0.6 is 23.8 Å². The zero-order chi connectivity index (χ0) is 17.5. The van der Waals surface area contributed by atoms with Crippen LogP contribution < -0.4 is 15.4 Å². The summed E-state index contributed by atoms with van der Waals surface area (Å²) in [5.74, 6) is 0.429. The van der Waals surface area contributed by atoms with Gasteiger partial charge in [-0.05, 0) is 62.0 Å². The number of benzene rings is 1. The molecule has 0 spiro atoms. The summed E-state index contributed by atoms with van der Waals surface area (Å²) in [5.41, 5.74) is 1.13. The van der Waals surface area contributed by atoms with Crippen LogP contribution in [0.2, 0.25) is 5.15 Å². The average Bonchev–Trinajstić information content (AvgIpc) is 2.57. The van der Waals surface area contributed by atoms with Crippen LogP contribution in [0.25, 0.3) is 0 Å². The Kier molecular flexibility index (Phi) is 6.52. The van der Waals surface area contributed by atoms with Crippen molar-refractivity contribution in [3.8, 4) is 5.75 Å². The fraction of sp³-hybridized carbons (Fsp3) is 0.235. The van der Waals surface area contributed by atoms with E-state index < -0.39 is 0 Å². The molecule has 0 radical (unpaired) electrons. The van der Waals surface area contributed by atoms with E-state index in [1.807, 2.05) is 6.92 Å². The summed E-state index contributed by atoms with van der Waals surface area (Å²) in [6.45, 7) is 4.05. The lowest BCUT2D eigenvalue weighted by molar-refractivity contribution is 0.0977. The molecule has 0 saturated carbocycles. The average molecular weight is 364 g/mol. The number of nitrogens with one attached hydrogen (secondary N) is 2. The Balaban J connectivity index is 1.91. The van der Waals surface area contributed by atoms with E-state index in [-0.39, 0.29) is 17.1 Å². The van der Waals surface area contributed by atoms with Gasteiger partial charge in [0.05, 0.1) is 18.0 Å². The second kappa shape index (κ2) is 8.61. The predicted molar refractivity (Wildman–Crippen MR) is 99.8 cm³/mol. The third kappa shape index (κ3) is 5.47. The minimum Gasteiger partial charge on any atom is -0.491 e. The van der Waals surface area contributed by atoms with Gasteiger partial charge in [0.2, 0.25) is 0 Å². The second-order valence-corrected chi connectivity index (χ2v) is 5.93. The lowest BCUT2D eigenvalue weighted by atomic mass is 10.2. The summed E-state index contributed by atoms with van der Waals surface area (Å²) < 4.78 is 5.68. The van der Waals surface area contributed by atoms with Gasteiger partial charge in [-0.3, -0.25) is 10.1 Å². The van der Waals surface area contributed by atoms with E-state index in [2.05, 4.69) is 22.5 Å². The van der Waals surface area contributed by atoms with Crippen molar-refractivity contribution in [3.63, 3.8) is 0 Å². The van der Waals surface area contributed by atoms with Crippen molar-refractivity contribution in [3.05, 3.63) is 53.3 Å². The number of aromatic nitrogens is 1. The first-order valence-corrected chi connectivity index (χ1v) is 8.27. The molecule has 2 rings (SSSR count). The van der Waals surface area contributed by atoms with E-state index in [9.17, 15) is 4.79 Å². The van der Waals surface area contributed by atoms with Crippen LogP contribution in [-0.2, 0) is 0 Å². The molecule has 1 aromatic heterocycles. The summed E-state index contributed by atoms with van der Waals surface area (Å²) in [5, 5.41) is 6.05. The van der Waals surface area contributed by atoms with Gasteiger partial charge in [-0.1, -0.05) is 18.5 Å². The van der Waals surface area contributed by atoms with E-state index in [0.717, 1.165) is 12.2 Å². The Morgan fingerprint density at radius 3 is 2.58 bits per heavy atom. The maximum Gasteiger partial charge on any atom is 0.257 e. The minimum atomic E-state index is -0.301. The highest BCUT2D eigenvalue weighted by molar-refractivity contribution is 7.80. The number of ether oxygens (including phenoxy) is 1. The molecule has 0 aliphatic rings. The molecule has 5 nitrogen and oxygen atoms in total. The Bertz CT molecular complexity index is 705. The van der Waals surface area contributed by atoms with Crippen molar-refractivity contribution in [1.82, 2.24) is 10.3 Å². The maximum atomic E-state index is 12.2. The number of halogens is 1. The van der Waals surface area contributed by atoms with Gasteiger partial charge < -0.3 is 10.1 Å². The zero-order valence-electron chi connectivity index (χ0n) is 13.4. The van der Waals surface area contributed by atoms with Crippen molar-refractivity contribution >= 4 is 40.5 Å². The maximum absolute atomic E-state index is 12.2. The molecule has 1 unspecified atom stereocenters. The molecule has 0 aliphatic carbocycles. The van der Waals surface area contributed by atoms with E-state index >= 15 is 0 Å². The molecule has 1 atom stereocenters. The molecule has 1 aromatic carbocycles. The SMILES string of the molecule is CCC(C)Oc1ccc(C(=O)NC(=S)Nc2ccc(Cl)nc2)cc1. The predicted octanol–water partition coefficient (Wildman–Crippen LogP) is 4.04.